The van der Waals surface area contributed by atoms with Gasteiger partial charge in [-0.15, -0.1) is 0 Å². The Labute approximate surface area is 71.3 Å². The van der Waals surface area contributed by atoms with Crippen LogP contribution in [0.1, 0.15) is 13.8 Å². The number of hydrogen-bond donors (Lipinski definition) is 0. The molecule has 1 aromatic rings. The van der Waals surface area contributed by atoms with Gasteiger partial charge in [-0.1, -0.05) is 11.6 Å². The van der Waals surface area contributed by atoms with Crippen molar-refractivity contribution in [1.29, 1.82) is 0 Å². The van der Waals surface area contributed by atoms with Crippen molar-refractivity contribution in [2.75, 3.05) is 0 Å². The smallest absolute Gasteiger partial charge is 0.267 e. The van der Waals surface area contributed by atoms with Gasteiger partial charge >= 0.3 is 0 Å². The molecule has 0 radical (unpaired) electrons. The molecule has 0 saturated carbocycles. The standard InChI is InChI=1S/C9H12N2O/c1-8(2)5-7-11-9(12)4-3-6-10-11/h3-6H,7H2,1-2H3. The molecular formula is C9H12N2O. The van der Waals surface area contributed by atoms with E-state index in [1.54, 1.807) is 12.3 Å². The normalized spacial score (nSPS) is 9.50. The monoisotopic (exact) mass is 164 g/mol. The number of hydrogen-bond acceptors (Lipinski definition) is 2. The molecule has 0 atom stereocenters. The average molecular weight is 164 g/mol. The zero-order valence-electron chi connectivity index (χ0n) is 7.32. The van der Waals surface area contributed by atoms with Gasteiger partial charge in [0.25, 0.3) is 5.56 Å². The van der Waals surface area contributed by atoms with E-state index in [9.17, 15) is 4.79 Å². The molecule has 64 valence electrons. The van der Waals surface area contributed by atoms with Crippen molar-refractivity contribution in [2.24, 2.45) is 0 Å². The van der Waals surface area contributed by atoms with Gasteiger partial charge in [0.15, 0.2) is 0 Å². The molecule has 0 aromatic carbocycles. The summed E-state index contributed by atoms with van der Waals surface area (Å²) in [5, 5.41) is 3.91. The molecule has 12 heavy (non-hydrogen) atoms. The van der Waals surface area contributed by atoms with Crippen LogP contribution in [0.25, 0.3) is 0 Å². The van der Waals surface area contributed by atoms with Gasteiger partial charge in [0.05, 0.1) is 6.54 Å². The molecule has 1 heterocycles. The Kier molecular flexibility index (Phi) is 2.80. The van der Waals surface area contributed by atoms with Crippen LogP contribution in [0.5, 0.6) is 0 Å². The predicted octanol–water partition coefficient (Wildman–Crippen LogP) is 1.21. The molecule has 1 rings (SSSR count). The number of aromatic nitrogens is 2. The molecule has 3 nitrogen and oxygen atoms in total. The van der Waals surface area contributed by atoms with E-state index in [0.29, 0.717) is 6.54 Å². The second-order valence-corrected chi connectivity index (χ2v) is 2.83. The van der Waals surface area contributed by atoms with Crippen LogP contribution < -0.4 is 5.56 Å². The lowest BCUT2D eigenvalue weighted by Gasteiger charge is -1.98. The minimum absolute atomic E-state index is 0.0602. The van der Waals surface area contributed by atoms with Gasteiger partial charge in [-0.2, -0.15) is 5.10 Å². The Hall–Kier alpha value is -1.38. The van der Waals surface area contributed by atoms with E-state index in [2.05, 4.69) is 5.10 Å². The van der Waals surface area contributed by atoms with Crippen LogP contribution in [0.3, 0.4) is 0 Å². The summed E-state index contributed by atoms with van der Waals surface area (Å²) >= 11 is 0. The molecule has 0 amide bonds. The fourth-order valence-corrected chi connectivity index (χ4v) is 0.793. The quantitative estimate of drug-likeness (QED) is 0.616. The van der Waals surface area contributed by atoms with Gasteiger partial charge < -0.3 is 0 Å². The van der Waals surface area contributed by atoms with Crippen molar-refractivity contribution in [3.8, 4) is 0 Å². The maximum atomic E-state index is 11.1. The van der Waals surface area contributed by atoms with E-state index >= 15 is 0 Å². The van der Waals surface area contributed by atoms with E-state index in [4.69, 9.17) is 0 Å². The lowest BCUT2D eigenvalue weighted by Crippen LogP contribution is -2.20. The van der Waals surface area contributed by atoms with Crippen molar-refractivity contribution >= 4 is 0 Å². The molecule has 0 spiro atoms. The van der Waals surface area contributed by atoms with Gasteiger partial charge in [-0.25, -0.2) is 4.68 Å². The third-order valence-electron chi connectivity index (χ3n) is 1.46. The summed E-state index contributed by atoms with van der Waals surface area (Å²) in [7, 11) is 0. The van der Waals surface area contributed by atoms with E-state index in [-0.39, 0.29) is 5.56 Å². The lowest BCUT2D eigenvalue weighted by molar-refractivity contribution is 0.649. The summed E-state index contributed by atoms with van der Waals surface area (Å²) in [5.74, 6) is 0. The highest BCUT2D eigenvalue weighted by molar-refractivity contribution is 4.94. The first-order valence-corrected chi connectivity index (χ1v) is 3.85. The highest BCUT2D eigenvalue weighted by Gasteiger charge is 1.90. The highest BCUT2D eigenvalue weighted by Crippen LogP contribution is 1.88. The molecule has 0 aliphatic carbocycles. The lowest BCUT2D eigenvalue weighted by atomic mass is 10.3. The van der Waals surface area contributed by atoms with E-state index in [1.807, 2.05) is 19.9 Å². The van der Waals surface area contributed by atoms with Gasteiger partial charge in [0.2, 0.25) is 0 Å². The third kappa shape index (κ3) is 2.34. The van der Waals surface area contributed by atoms with E-state index < -0.39 is 0 Å². The van der Waals surface area contributed by atoms with Gasteiger partial charge in [-0.3, -0.25) is 4.79 Å². The minimum atomic E-state index is -0.0602. The van der Waals surface area contributed by atoms with Crippen molar-refractivity contribution < 1.29 is 0 Å². The summed E-state index contributed by atoms with van der Waals surface area (Å²) in [6.45, 7) is 4.55. The summed E-state index contributed by atoms with van der Waals surface area (Å²) in [6.07, 6.45) is 3.58. The molecule has 0 unspecified atom stereocenters. The molecule has 3 heteroatoms. The fourth-order valence-electron chi connectivity index (χ4n) is 0.793. The van der Waals surface area contributed by atoms with Crippen LogP contribution in [0.4, 0.5) is 0 Å². The van der Waals surface area contributed by atoms with Gasteiger partial charge in [0.1, 0.15) is 0 Å². The molecule has 0 saturated heterocycles. The Morgan fingerprint density at radius 1 is 1.67 bits per heavy atom. The average Bonchev–Trinajstić information content (AvgIpc) is 2.03. The summed E-state index contributed by atoms with van der Waals surface area (Å²) in [4.78, 5) is 11.1. The Morgan fingerprint density at radius 3 is 3.00 bits per heavy atom. The molecule has 0 aliphatic rings. The molecule has 0 fully saturated rings. The zero-order chi connectivity index (χ0) is 8.97. The Morgan fingerprint density at radius 2 is 2.42 bits per heavy atom. The highest BCUT2D eigenvalue weighted by atomic mass is 16.1. The number of rotatable bonds is 2. The Bertz CT molecular complexity index is 334. The van der Waals surface area contributed by atoms with E-state index in [0.717, 1.165) is 0 Å². The van der Waals surface area contributed by atoms with Crippen molar-refractivity contribution in [2.45, 2.75) is 20.4 Å². The van der Waals surface area contributed by atoms with Crippen LogP contribution in [0.2, 0.25) is 0 Å². The third-order valence-corrected chi connectivity index (χ3v) is 1.46. The minimum Gasteiger partial charge on any atom is -0.268 e. The van der Waals surface area contributed by atoms with Gasteiger partial charge in [-0.05, 0) is 19.9 Å². The largest absolute Gasteiger partial charge is 0.268 e. The molecule has 0 bridgehead atoms. The first-order chi connectivity index (χ1) is 5.70. The summed E-state index contributed by atoms with van der Waals surface area (Å²) in [6, 6.07) is 3.15. The molecule has 1 aromatic heterocycles. The number of allylic oxidation sites excluding steroid dienone is 2. The Balaban J connectivity index is 2.84. The SMILES string of the molecule is CC(C)=CCn1ncccc1=O. The molecule has 0 aliphatic heterocycles. The van der Waals surface area contributed by atoms with Crippen LogP contribution in [-0.4, -0.2) is 9.78 Å². The van der Waals surface area contributed by atoms with Crippen molar-refractivity contribution in [3.63, 3.8) is 0 Å². The second-order valence-electron chi connectivity index (χ2n) is 2.83. The summed E-state index contributed by atoms with van der Waals surface area (Å²) < 4.78 is 1.42. The van der Waals surface area contributed by atoms with Crippen molar-refractivity contribution in [1.82, 2.24) is 9.78 Å². The molecular weight excluding hydrogens is 152 g/mol. The number of nitrogens with zero attached hydrogens (tertiary/aromatic N) is 2. The first kappa shape index (κ1) is 8.71. The van der Waals surface area contributed by atoms with Crippen LogP contribution >= 0.6 is 0 Å². The first-order valence-electron chi connectivity index (χ1n) is 3.85. The van der Waals surface area contributed by atoms with Gasteiger partial charge in [0, 0.05) is 12.3 Å². The maximum absolute atomic E-state index is 11.1. The van der Waals surface area contributed by atoms with Crippen molar-refractivity contribution in [3.05, 3.63) is 40.3 Å². The van der Waals surface area contributed by atoms with E-state index in [1.165, 1.54) is 16.3 Å². The zero-order valence-corrected chi connectivity index (χ0v) is 7.32. The van der Waals surface area contributed by atoms with Crippen LogP contribution in [-0.2, 0) is 6.54 Å². The topological polar surface area (TPSA) is 34.9 Å². The predicted molar refractivity (Wildman–Crippen MR) is 47.9 cm³/mol. The second kappa shape index (κ2) is 3.85. The summed E-state index contributed by atoms with van der Waals surface area (Å²) in [5.41, 5.74) is 1.13. The maximum Gasteiger partial charge on any atom is 0.267 e. The van der Waals surface area contributed by atoms with Crippen LogP contribution in [0.15, 0.2) is 34.8 Å². The molecule has 0 N–H and O–H groups in total. The fraction of sp³-hybridized carbons (Fsp3) is 0.333. The van der Waals surface area contributed by atoms with Crippen LogP contribution in [0, 0.1) is 0 Å².